The molecule has 180 valence electrons. The number of hydrogen-bond acceptors (Lipinski definition) is 12. The average molecular weight is 540 g/mol. The van der Waals surface area contributed by atoms with E-state index in [2.05, 4.69) is 0 Å². The summed E-state index contributed by atoms with van der Waals surface area (Å²) < 4.78 is 120. The second-order valence-corrected chi connectivity index (χ2v) is 11.0. The van der Waals surface area contributed by atoms with Crippen molar-refractivity contribution in [2.24, 2.45) is 0 Å². The van der Waals surface area contributed by atoms with Crippen LogP contribution < -0.4 is 0 Å². The van der Waals surface area contributed by atoms with Crippen LogP contribution in [0.3, 0.4) is 0 Å². The molecule has 16 nitrogen and oxygen atoms in total. The van der Waals surface area contributed by atoms with Gasteiger partial charge in [-0.05, 0) is 0 Å². The SMILES string of the molecule is O=S(=O)(O)c1cc(O)c(S(=O)(=O)O)cc1O.O=S(=O)(O)c1cc(O)cc(S(=O)(=O)O)c1O. The number of phenolic OH excluding ortho intramolecular Hbond substituents is 4. The fraction of sp³-hybridized carbons (Fsp3) is 0. The van der Waals surface area contributed by atoms with Crippen LogP contribution in [0.2, 0.25) is 0 Å². The van der Waals surface area contributed by atoms with Crippen molar-refractivity contribution in [3.63, 3.8) is 0 Å². The molecule has 2 aromatic rings. The molecule has 0 aromatic heterocycles. The topological polar surface area (TPSA) is 298 Å². The van der Waals surface area contributed by atoms with E-state index in [1.165, 1.54) is 0 Å². The van der Waals surface area contributed by atoms with Crippen molar-refractivity contribution in [2.45, 2.75) is 19.6 Å². The highest BCUT2D eigenvalue weighted by Crippen LogP contribution is 2.34. The molecule has 32 heavy (non-hydrogen) atoms. The van der Waals surface area contributed by atoms with E-state index in [0.717, 1.165) is 0 Å². The molecule has 0 amide bonds. The summed E-state index contributed by atoms with van der Waals surface area (Å²) >= 11 is 0. The van der Waals surface area contributed by atoms with Gasteiger partial charge >= 0.3 is 0 Å². The molecule has 0 aliphatic heterocycles. The molecule has 8 N–H and O–H groups in total. The van der Waals surface area contributed by atoms with Gasteiger partial charge in [-0.15, -0.1) is 0 Å². The Balaban J connectivity index is 0.000000320. The molecule has 0 heterocycles. The van der Waals surface area contributed by atoms with Crippen LogP contribution in [0, 0.1) is 0 Å². The van der Waals surface area contributed by atoms with Crippen LogP contribution >= 0.6 is 0 Å². The Morgan fingerprint density at radius 1 is 0.438 bits per heavy atom. The lowest BCUT2D eigenvalue weighted by Gasteiger charge is -2.06. The van der Waals surface area contributed by atoms with Crippen LogP contribution in [0.15, 0.2) is 43.8 Å². The summed E-state index contributed by atoms with van der Waals surface area (Å²) in [5.74, 6) is -4.47. The summed E-state index contributed by atoms with van der Waals surface area (Å²) in [5, 5.41) is 36.4. The van der Waals surface area contributed by atoms with Gasteiger partial charge in [0.25, 0.3) is 40.5 Å². The Hall–Kier alpha value is -2.72. The number of benzene rings is 2. The number of rotatable bonds is 4. The van der Waals surface area contributed by atoms with E-state index in [1.807, 2.05) is 0 Å². The Bertz CT molecular complexity index is 1370. The smallest absolute Gasteiger partial charge is 0.298 e. The molecule has 0 saturated carbocycles. The summed E-state index contributed by atoms with van der Waals surface area (Å²) in [6.07, 6.45) is 0. The number of hydrogen-bond donors (Lipinski definition) is 8. The zero-order valence-electron chi connectivity index (χ0n) is 14.8. The Morgan fingerprint density at radius 3 is 0.906 bits per heavy atom. The second-order valence-electron chi connectivity index (χ2n) is 5.48. The van der Waals surface area contributed by atoms with Gasteiger partial charge in [-0.1, -0.05) is 0 Å². The Kier molecular flexibility index (Phi) is 7.40. The maximum Gasteiger partial charge on any atom is 0.298 e. The van der Waals surface area contributed by atoms with E-state index < -0.39 is 83.1 Å². The molecular formula is C12H12O16S4. The first kappa shape index (κ1) is 27.3. The molecule has 0 saturated heterocycles. The van der Waals surface area contributed by atoms with Gasteiger partial charge in [-0.25, -0.2) is 0 Å². The number of aromatic hydroxyl groups is 4. The highest BCUT2D eigenvalue weighted by atomic mass is 32.2. The van der Waals surface area contributed by atoms with Crippen molar-refractivity contribution in [2.75, 3.05) is 0 Å². The van der Waals surface area contributed by atoms with Crippen molar-refractivity contribution >= 4 is 40.5 Å². The monoisotopic (exact) mass is 540 g/mol. The van der Waals surface area contributed by atoms with Crippen LogP contribution in [0.5, 0.6) is 23.0 Å². The summed E-state index contributed by atoms with van der Waals surface area (Å²) in [4.78, 5) is -4.59. The number of phenols is 4. The molecule has 0 radical (unpaired) electrons. The minimum absolute atomic E-state index is 0.299. The lowest BCUT2D eigenvalue weighted by atomic mass is 10.3. The van der Waals surface area contributed by atoms with E-state index in [1.54, 1.807) is 0 Å². The summed E-state index contributed by atoms with van der Waals surface area (Å²) in [5.41, 5.74) is 0. The van der Waals surface area contributed by atoms with Crippen LogP contribution in [-0.2, 0) is 40.5 Å². The lowest BCUT2D eigenvalue weighted by molar-refractivity contribution is 0.412. The first-order valence-electron chi connectivity index (χ1n) is 7.08. The van der Waals surface area contributed by atoms with E-state index in [4.69, 9.17) is 33.5 Å². The average Bonchev–Trinajstić information content (AvgIpc) is 2.55. The van der Waals surface area contributed by atoms with Crippen molar-refractivity contribution < 1.29 is 72.3 Å². The first-order chi connectivity index (χ1) is 14.1. The van der Waals surface area contributed by atoms with Crippen LogP contribution in [-0.4, -0.2) is 72.3 Å². The zero-order valence-corrected chi connectivity index (χ0v) is 18.1. The maximum atomic E-state index is 10.7. The molecule has 20 heteroatoms. The van der Waals surface area contributed by atoms with E-state index in [-0.39, 0.29) is 0 Å². The quantitative estimate of drug-likeness (QED) is 0.173. The van der Waals surface area contributed by atoms with E-state index >= 15 is 0 Å². The van der Waals surface area contributed by atoms with Gasteiger partial charge in [0, 0.05) is 24.3 Å². The molecule has 0 aliphatic carbocycles. The van der Waals surface area contributed by atoms with Crippen LogP contribution in [0.1, 0.15) is 0 Å². The standard InChI is InChI=1S/2C6H6O8S2/c7-3-1-5(15(9,10)11)4(8)2-6(3)16(12,13)14;7-3-1-4(15(9,10)11)6(8)5(2-3)16(12,13)14/h2*1-2,7-8H,(H,9,10,11)(H,12,13,14). The highest BCUT2D eigenvalue weighted by Gasteiger charge is 2.26. The molecule has 0 unspecified atom stereocenters. The molecule has 2 aromatic carbocycles. The van der Waals surface area contributed by atoms with E-state index in [9.17, 15) is 38.8 Å². The maximum absolute atomic E-state index is 10.7. The van der Waals surface area contributed by atoms with Gasteiger partial charge in [0.15, 0.2) is 5.75 Å². The molecule has 0 atom stereocenters. The molecule has 0 fully saturated rings. The zero-order chi connectivity index (χ0) is 25.4. The molecule has 0 aliphatic rings. The van der Waals surface area contributed by atoms with Crippen molar-refractivity contribution in [3.05, 3.63) is 24.3 Å². The fourth-order valence-corrected chi connectivity index (χ4v) is 4.39. The van der Waals surface area contributed by atoms with Gasteiger partial charge in [0.1, 0.15) is 36.8 Å². The van der Waals surface area contributed by atoms with Gasteiger partial charge in [-0.3, -0.25) is 18.2 Å². The Labute approximate surface area is 179 Å². The fourth-order valence-electron chi connectivity index (χ4n) is 1.91. The van der Waals surface area contributed by atoms with Gasteiger partial charge < -0.3 is 20.4 Å². The third-order valence-electron chi connectivity index (χ3n) is 3.18. The predicted molar refractivity (Wildman–Crippen MR) is 98.8 cm³/mol. The van der Waals surface area contributed by atoms with Crippen LogP contribution in [0.25, 0.3) is 0 Å². The molecular weight excluding hydrogens is 528 g/mol. The van der Waals surface area contributed by atoms with Crippen molar-refractivity contribution in [1.82, 2.24) is 0 Å². The predicted octanol–water partition coefficient (Wildman–Crippen LogP) is -0.818. The third kappa shape index (κ3) is 6.64. The van der Waals surface area contributed by atoms with Crippen molar-refractivity contribution in [3.8, 4) is 23.0 Å². The summed E-state index contributed by atoms with van der Waals surface area (Å²) in [6, 6.07) is 1.46. The van der Waals surface area contributed by atoms with Gasteiger partial charge in [0.2, 0.25) is 0 Å². The van der Waals surface area contributed by atoms with E-state index in [0.29, 0.717) is 24.3 Å². The third-order valence-corrected chi connectivity index (χ3v) is 6.68. The minimum Gasteiger partial charge on any atom is -0.508 e. The Morgan fingerprint density at radius 2 is 0.688 bits per heavy atom. The normalized spacial score (nSPS) is 12.6. The first-order valence-corrected chi connectivity index (χ1v) is 12.8. The van der Waals surface area contributed by atoms with Gasteiger partial charge in [0.05, 0.1) is 0 Å². The van der Waals surface area contributed by atoms with Crippen LogP contribution in [0.4, 0.5) is 0 Å². The second kappa shape index (κ2) is 8.67. The van der Waals surface area contributed by atoms with Crippen molar-refractivity contribution in [1.29, 1.82) is 0 Å². The molecule has 0 spiro atoms. The minimum atomic E-state index is -4.92. The molecule has 0 bridgehead atoms. The highest BCUT2D eigenvalue weighted by molar-refractivity contribution is 7.87. The largest absolute Gasteiger partial charge is 0.508 e. The summed E-state index contributed by atoms with van der Waals surface area (Å²) in [6.45, 7) is 0. The van der Waals surface area contributed by atoms with Gasteiger partial charge in [-0.2, -0.15) is 33.7 Å². The summed E-state index contributed by atoms with van der Waals surface area (Å²) in [7, 11) is -19.5. The molecule has 2 rings (SSSR count). The lowest BCUT2D eigenvalue weighted by Crippen LogP contribution is -2.04.